The number of rotatable bonds is 3. The third-order valence-corrected chi connectivity index (χ3v) is 4.24. The van der Waals surface area contributed by atoms with Crippen molar-refractivity contribution in [2.24, 2.45) is 10.2 Å². The van der Waals surface area contributed by atoms with Gasteiger partial charge in [0.15, 0.2) is 28.8 Å². The highest BCUT2D eigenvalue weighted by Crippen LogP contribution is 2.48. The van der Waals surface area contributed by atoms with E-state index in [2.05, 4.69) is 15.5 Å². The maximum atomic E-state index is 14.9. The summed E-state index contributed by atoms with van der Waals surface area (Å²) in [6, 6.07) is 13.4. The van der Waals surface area contributed by atoms with Crippen molar-refractivity contribution in [3.63, 3.8) is 0 Å². The zero-order valence-corrected chi connectivity index (χ0v) is 15.0. The normalized spacial score (nSPS) is 12.2. The monoisotopic (exact) mass is 384 g/mol. The van der Waals surface area contributed by atoms with Crippen LogP contribution < -0.4 is 15.0 Å². The van der Waals surface area contributed by atoms with E-state index >= 15 is 0 Å². The van der Waals surface area contributed by atoms with Crippen molar-refractivity contribution in [3.05, 3.63) is 66.0 Å². The van der Waals surface area contributed by atoms with Crippen molar-refractivity contribution in [2.45, 2.75) is 0 Å². The van der Waals surface area contributed by atoms with Crippen LogP contribution in [0.15, 0.2) is 58.8 Å². The summed E-state index contributed by atoms with van der Waals surface area (Å²) >= 11 is 0. The van der Waals surface area contributed by atoms with E-state index in [4.69, 9.17) is 4.74 Å². The van der Waals surface area contributed by atoms with Gasteiger partial charge in [0.25, 0.3) is 0 Å². The first-order valence-electron chi connectivity index (χ1n) is 8.39. The topological polar surface area (TPSA) is 49.2 Å². The Morgan fingerprint density at radius 1 is 0.857 bits per heavy atom. The predicted molar refractivity (Wildman–Crippen MR) is 101 cm³/mol. The largest absolute Gasteiger partial charge is 0.450 e. The van der Waals surface area contributed by atoms with E-state index in [1.54, 1.807) is 48.5 Å². The second-order valence-electron chi connectivity index (χ2n) is 6.33. The molecule has 3 aromatic carbocycles. The molecule has 142 valence electrons. The number of halogens is 3. The molecule has 0 radical (unpaired) electrons. The Morgan fingerprint density at radius 3 is 2.29 bits per heavy atom. The number of fused-ring (bicyclic) bond motifs is 2. The summed E-state index contributed by atoms with van der Waals surface area (Å²) in [5, 5.41) is 10.1. The van der Waals surface area contributed by atoms with Crippen molar-refractivity contribution in [1.29, 1.82) is 0 Å². The maximum absolute atomic E-state index is 14.9. The van der Waals surface area contributed by atoms with Crippen molar-refractivity contribution in [1.82, 2.24) is 0 Å². The van der Waals surface area contributed by atoms with E-state index in [1.165, 1.54) is 0 Å². The van der Waals surface area contributed by atoms with Crippen LogP contribution in [0.5, 0.6) is 11.5 Å². The lowest BCUT2D eigenvalue weighted by Crippen LogP contribution is -2.08. The van der Waals surface area contributed by atoms with Crippen LogP contribution in [0, 0.1) is 17.5 Å². The zero-order valence-electron chi connectivity index (χ0n) is 15.0. The standard InChI is InChI=1S/C20H15F3N4O/c1-27(2)12-9-7-11(8-10-12)25-26-18-15(21)16(22)20-19(17(18)23)24-13-5-3-4-6-14(13)28-20/h3-10,24H,1-2H3. The third-order valence-electron chi connectivity index (χ3n) is 4.24. The SMILES string of the molecule is CN(C)c1ccc(N=Nc2c(F)c(F)c3c(c2F)Nc2ccccc2O3)cc1. The van der Waals surface area contributed by atoms with Crippen LogP contribution in [-0.4, -0.2) is 14.1 Å². The van der Waals surface area contributed by atoms with Gasteiger partial charge in [-0.05, 0) is 36.4 Å². The fourth-order valence-electron chi connectivity index (χ4n) is 2.75. The summed E-state index contributed by atoms with van der Waals surface area (Å²) in [5.41, 5.74) is 0.577. The number of nitrogens with zero attached hydrogens (tertiary/aromatic N) is 3. The van der Waals surface area contributed by atoms with Gasteiger partial charge in [-0.1, -0.05) is 12.1 Å². The second kappa shape index (κ2) is 6.88. The highest BCUT2D eigenvalue weighted by molar-refractivity contribution is 5.78. The average molecular weight is 384 g/mol. The molecule has 0 bridgehead atoms. The third kappa shape index (κ3) is 3.02. The lowest BCUT2D eigenvalue weighted by atomic mass is 10.1. The van der Waals surface area contributed by atoms with Gasteiger partial charge < -0.3 is 15.0 Å². The molecule has 8 heteroatoms. The molecule has 1 aliphatic heterocycles. The summed E-state index contributed by atoms with van der Waals surface area (Å²) in [6.45, 7) is 0. The van der Waals surface area contributed by atoms with E-state index in [0.717, 1.165) is 5.69 Å². The Labute approximate surface area is 159 Å². The minimum Gasteiger partial charge on any atom is -0.450 e. The van der Waals surface area contributed by atoms with E-state index in [0.29, 0.717) is 11.4 Å². The molecular weight excluding hydrogens is 369 g/mol. The minimum absolute atomic E-state index is 0.267. The first-order chi connectivity index (χ1) is 13.5. The van der Waals surface area contributed by atoms with Crippen molar-refractivity contribution < 1.29 is 17.9 Å². The van der Waals surface area contributed by atoms with Gasteiger partial charge >= 0.3 is 0 Å². The number of hydrogen-bond acceptors (Lipinski definition) is 5. The Hall–Kier alpha value is -3.55. The average Bonchev–Trinajstić information content (AvgIpc) is 2.71. The molecule has 1 aliphatic rings. The Kier molecular flexibility index (Phi) is 4.38. The second-order valence-corrected chi connectivity index (χ2v) is 6.33. The van der Waals surface area contributed by atoms with Crippen LogP contribution in [0.2, 0.25) is 0 Å². The fourth-order valence-corrected chi connectivity index (χ4v) is 2.75. The van der Waals surface area contributed by atoms with Crippen molar-refractivity contribution in [2.75, 3.05) is 24.3 Å². The number of nitrogens with one attached hydrogen (secondary N) is 1. The molecule has 0 saturated carbocycles. The fraction of sp³-hybridized carbons (Fsp3) is 0.100. The quantitative estimate of drug-likeness (QED) is 0.327. The van der Waals surface area contributed by atoms with Gasteiger partial charge in [-0.2, -0.15) is 9.50 Å². The van der Waals surface area contributed by atoms with Gasteiger partial charge in [0.1, 0.15) is 5.69 Å². The molecule has 0 fully saturated rings. The van der Waals surface area contributed by atoms with Crippen molar-refractivity contribution in [3.8, 4) is 11.5 Å². The summed E-state index contributed by atoms with van der Waals surface area (Å²) in [4.78, 5) is 1.89. The summed E-state index contributed by atoms with van der Waals surface area (Å²) in [7, 11) is 3.76. The number of benzene rings is 3. The highest BCUT2D eigenvalue weighted by Gasteiger charge is 2.30. The summed E-state index contributed by atoms with van der Waals surface area (Å²) < 4.78 is 49.1. The Bertz CT molecular complexity index is 1080. The van der Waals surface area contributed by atoms with Crippen LogP contribution in [0.4, 0.5) is 41.6 Å². The summed E-state index contributed by atoms with van der Waals surface area (Å²) in [5.74, 6) is -4.18. The van der Waals surface area contributed by atoms with E-state index in [-0.39, 0.29) is 11.4 Å². The molecule has 1 N–H and O–H groups in total. The molecular formula is C20H15F3N4O. The van der Waals surface area contributed by atoms with Gasteiger partial charge in [-0.25, -0.2) is 8.78 Å². The number of azo groups is 1. The molecule has 28 heavy (non-hydrogen) atoms. The van der Waals surface area contributed by atoms with Gasteiger partial charge in [0, 0.05) is 19.8 Å². The molecule has 3 aromatic rings. The number of hydrogen-bond donors (Lipinski definition) is 1. The smallest absolute Gasteiger partial charge is 0.206 e. The molecule has 4 rings (SSSR count). The van der Waals surface area contributed by atoms with Crippen molar-refractivity contribution >= 4 is 28.4 Å². The van der Waals surface area contributed by atoms with Gasteiger partial charge in [0.05, 0.1) is 11.4 Å². The van der Waals surface area contributed by atoms with Gasteiger partial charge in [0.2, 0.25) is 5.82 Å². The van der Waals surface area contributed by atoms with E-state index in [1.807, 2.05) is 19.0 Å². The molecule has 0 aliphatic carbocycles. The van der Waals surface area contributed by atoms with Crippen LogP contribution in [0.1, 0.15) is 0 Å². The molecule has 0 spiro atoms. The lowest BCUT2D eigenvalue weighted by Gasteiger charge is -2.23. The highest BCUT2D eigenvalue weighted by atomic mass is 19.2. The Balaban J connectivity index is 1.72. The lowest BCUT2D eigenvalue weighted by molar-refractivity contribution is 0.409. The molecule has 1 heterocycles. The molecule has 0 atom stereocenters. The first kappa shape index (κ1) is 17.8. The van der Waals surface area contributed by atoms with E-state index in [9.17, 15) is 13.2 Å². The number of para-hydroxylation sites is 2. The van der Waals surface area contributed by atoms with Gasteiger partial charge in [-0.3, -0.25) is 0 Å². The van der Waals surface area contributed by atoms with Crippen LogP contribution >= 0.6 is 0 Å². The van der Waals surface area contributed by atoms with Crippen LogP contribution in [0.25, 0.3) is 0 Å². The van der Waals surface area contributed by atoms with Gasteiger partial charge in [-0.15, -0.1) is 5.11 Å². The van der Waals surface area contributed by atoms with Crippen LogP contribution in [0.3, 0.4) is 0 Å². The number of ether oxygens (including phenoxy) is 1. The van der Waals surface area contributed by atoms with E-state index < -0.39 is 28.9 Å². The maximum Gasteiger partial charge on any atom is 0.206 e. The van der Waals surface area contributed by atoms with Crippen LogP contribution in [-0.2, 0) is 0 Å². The zero-order chi connectivity index (χ0) is 19.8. The molecule has 0 aromatic heterocycles. The number of anilines is 3. The minimum atomic E-state index is -1.47. The molecule has 0 saturated heterocycles. The summed E-state index contributed by atoms with van der Waals surface area (Å²) in [6.07, 6.45) is 0. The molecule has 0 unspecified atom stereocenters. The molecule has 5 nitrogen and oxygen atoms in total. The Morgan fingerprint density at radius 2 is 1.57 bits per heavy atom. The molecule has 0 amide bonds. The predicted octanol–water partition coefficient (Wildman–Crippen LogP) is 6.43. The first-order valence-corrected chi connectivity index (χ1v) is 8.39.